The Hall–Kier alpha value is -9.46. The molecule has 1 saturated heterocycles. The number of aromatic nitrogens is 2. The van der Waals surface area contributed by atoms with E-state index in [-0.39, 0.29) is 88.0 Å². The fraction of sp³-hybridized carbons (Fsp3) is 0.413. The predicted octanol–water partition coefficient (Wildman–Crippen LogP) is 3.16. The number of hydrogen-bond acceptors (Lipinski definition) is 11. The third-order valence-corrected chi connectivity index (χ3v) is 15.3. The van der Waals surface area contributed by atoms with Crippen LogP contribution in [0.3, 0.4) is 0 Å². The van der Waals surface area contributed by atoms with Gasteiger partial charge in [0.15, 0.2) is 5.96 Å². The van der Waals surface area contributed by atoms with Gasteiger partial charge in [-0.1, -0.05) is 74.5 Å². The number of phenolic OH excluding ortho intramolecular Hbond substituents is 1. The van der Waals surface area contributed by atoms with E-state index in [9.17, 15) is 61.7 Å². The summed E-state index contributed by atoms with van der Waals surface area (Å²) < 4.78 is 39.8. The van der Waals surface area contributed by atoms with Crippen LogP contribution < -0.4 is 48.7 Å². The Morgan fingerprint density at radius 2 is 1.17 bits per heavy atom. The lowest BCUT2D eigenvalue weighted by Crippen LogP contribution is -2.61. The molecule has 8 amide bonds. The second kappa shape index (κ2) is 31.4. The Bertz CT molecular complexity index is 3460. The van der Waals surface area contributed by atoms with Crippen LogP contribution in [0.4, 0.5) is 13.2 Å². The first-order valence-corrected chi connectivity index (χ1v) is 29.6. The zero-order valence-corrected chi connectivity index (χ0v) is 49.8. The Morgan fingerprint density at radius 1 is 0.663 bits per heavy atom. The Balaban J connectivity index is 1.13. The van der Waals surface area contributed by atoms with Crippen molar-refractivity contribution in [1.82, 2.24) is 52.1 Å². The number of aromatic hydroxyl groups is 1. The van der Waals surface area contributed by atoms with Crippen LogP contribution in [0.2, 0.25) is 0 Å². The van der Waals surface area contributed by atoms with E-state index >= 15 is 0 Å². The van der Waals surface area contributed by atoms with Crippen molar-refractivity contribution in [3.63, 3.8) is 0 Å². The summed E-state index contributed by atoms with van der Waals surface area (Å²) in [4.78, 5) is 126. The number of aliphatic hydroxyl groups excluding tert-OH is 1. The number of aliphatic hydroxyl groups is 1. The van der Waals surface area contributed by atoms with Crippen molar-refractivity contribution in [3.05, 3.63) is 137 Å². The average Bonchev–Trinajstić information content (AvgIpc) is 3.18. The molecule has 3 heterocycles. The van der Waals surface area contributed by atoms with Gasteiger partial charge >= 0.3 is 6.18 Å². The maximum atomic E-state index is 15.0. The number of halogens is 3. The van der Waals surface area contributed by atoms with Crippen LogP contribution in [0.15, 0.2) is 114 Å². The molecule has 0 saturated carbocycles. The molecule has 15 N–H and O–H groups in total. The summed E-state index contributed by atoms with van der Waals surface area (Å²) in [6.45, 7) is 5.14. The second-order valence-electron chi connectivity index (χ2n) is 22.5. The molecule has 0 unspecified atom stereocenters. The lowest BCUT2D eigenvalue weighted by Gasteiger charge is -2.30. The third kappa shape index (κ3) is 19.0. The molecule has 0 bridgehead atoms. The van der Waals surface area contributed by atoms with Gasteiger partial charge < -0.3 is 73.8 Å². The number of guanidine groups is 1. The molecule has 1 aliphatic rings. The van der Waals surface area contributed by atoms with Crippen LogP contribution in [0, 0.1) is 5.92 Å². The number of amides is 8. The average molecular weight is 1230 g/mol. The molecule has 4 aromatic carbocycles. The molecule has 2 aromatic heterocycles. The van der Waals surface area contributed by atoms with E-state index in [1.807, 2.05) is 26.0 Å². The van der Waals surface area contributed by atoms with Gasteiger partial charge in [0.25, 0.3) is 0 Å². The number of nitrogens with one attached hydrogen (secondary N) is 9. The topological polar surface area (TPSA) is 360 Å². The number of likely N-dealkylation sites (tertiary alicyclic amines) is 1. The monoisotopic (exact) mass is 1230 g/mol. The summed E-state index contributed by atoms with van der Waals surface area (Å²) in [6, 6.07) is 15.0. The summed E-state index contributed by atoms with van der Waals surface area (Å²) in [7, 11) is 0. The number of aromatic amines is 2. The number of hydrogen-bond donors (Lipinski definition) is 13. The number of carbonyl (C=O) groups excluding carboxylic acids is 8. The zero-order valence-electron chi connectivity index (χ0n) is 49.8. The van der Waals surface area contributed by atoms with Crippen molar-refractivity contribution >= 4 is 75.0 Å². The number of aliphatic imine (C=N–C) groups is 1. The smallest absolute Gasteiger partial charge is 0.416 e. The van der Waals surface area contributed by atoms with E-state index in [4.69, 9.17) is 11.5 Å². The standard InChI is InChI=1S/C63H78F3N13O10/c1-4-69-60(88)53-16-10-28-79(53)61(89)47(15-9-27-70-62(67)68)74-55(83)48(29-36(2)3)75-58(86)51(32-40-34-72-46-14-8-6-12-44(40)46)77-56(84)49(30-38-19-24-42(81)25-20-38)76-59(87)52(35-80)78-57(85)50(31-39-33-71-45-13-7-5-11-43(39)45)73-54(82)26-21-37-17-22-41(23-18-37)63(64,65)66/h5-8,11-14,17-20,22-25,33-34,36,47-53,71-72,80-81H,4,9-10,15-16,21,26-32,35H2,1-3H3,(H,69,88)(H,73,82)(H,74,83)(H,75,86)(H,76,87)(H,77,84)(H,78,85)(H4,67,68,70)/t47-,48-,49-,50-,51+,52-,53-/m0/s1. The summed E-state index contributed by atoms with van der Waals surface area (Å²) in [6.07, 6.45) is -0.672. The molecule has 89 heavy (non-hydrogen) atoms. The quantitative estimate of drug-likeness (QED) is 0.0176. The number of para-hydroxylation sites is 2. The molecular weight excluding hydrogens is 1160 g/mol. The molecule has 23 nitrogen and oxygen atoms in total. The summed E-state index contributed by atoms with van der Waals surface area (Å²) in [5.74, 6) is -6.42. The third-order valence-electron chi connectivity index (χ3n) is 15.3. The lowest BCUT2D eigenvalue weighted by molar-refractivity contribution is -0.142. The summed E-state index contributed by atoms with van der Waals surface area (Å²) in [5, 5.41) is 41.4. The van der Waals surface area contributed by atoms with Crippen LogP contribution in [0.1, 0.15) is 87.1 Å². The second-order valence-corrected chi connectivity index (χ2v) is 22.5. The molecule has 6 aromatic rings. The number of H-pyrrole nitrogens is 2. The van der Waals surface area contributed by atoms with Crippen molar-refractivity contribution in [1.29, 1.82) is 0 Å². The number of fused-ring (bicyclic) bond motifs is 2. The number of aryl methyl sites for hydroxylation is 1. The van der Waals surface area contributed by atoms with Gasteiger partial charge in [-0.15, -0.1) is 0 Å². The number of nitrogens with two attached hydrogens (primary N) is 2. The molecule has 0 spiro atoms. The van der Waals surface area contributed by atoms with E-state index in [0.717, 1.165) is 23.0 Å². The van der Waals surface area contributed by atoms with Crippen LogP contribution >= 0.6 is 0 Å². The molecule has 1 aliphatic heterocycles. The van der Waals surface area contributed by atoms with Crippen LogP contribution in [-0.4, -0.2) is 147 Å². The van der Waals surface area contributed by atoms with Crippen molar-refractivity contribution < 1.29 is 61.7 Å². The number of likely N-dealkylation sites (N-methyl/N-ethyl adjacent to an activating group) is 1. The molecule has 26 heteroatoms. The van der Waals surface area contributed by atoms with Crippen molar-refractivity contribution in [2.75, 3.05) is 26.2 Å². The van der Waals surface area contributed by atoms with Gasteiger partial charge in [-0.25, -0.2) is 0 Å². The van der Waals surface area contributed by atoms with Gasteiger partial charge in [0.05, 0.1) is 12.2 Å². The molecule has 1 fully saturated rings. The van der Waals surface area contributed by atoms with Gasteiger partial charge in [-0.3, -0.25) is 43.3 Å². The van der Waals surface area contributed by atoms with E-state index in [1.54, 1.807) is 55.7 Å². The number of benzene rings is 4. The number of rotatable bonds is 30. The Kier molecular flexibility index (Phi) is 23.7. The number of nitrogens with zero attached hydrogens (tertiary/aromatic N) is 2. The molecule has 0 radical (unpaired) electrons. The number of alkyl halides is 3. The van der Waals surface area contributed by atoms with E-state index in [2.05, 4.69) is 52.2 Å². The molecule has 476 valence electrons. The van der Waals surface area contributed by atoms with Crippen LogP contribution in [0.25, 0.3) is 21.8 Å². The molecule has 7 atom stereocenters. The summed E-state index contributed by atoms with van der Waals surface area (Å²) >= 11 is 0. The Labute approximate surface area is 512 Å². The van der Waals surface area contributed by atoms with Gasteiger partial charge in [0, 0.05) is 79.5 Å². The Morgan fingerprint density at radius 3 is 1.72 bits per heavy atom. The highest BCUT2D eigenvalue weighted by Gasteiger charge is 2.39. The molecular formula is C63H78F3N13O10. The maximum Gasteiger partial charge on any atom is 0.416 e. The number of carbonyl (C=O) groups is 8. The van der Waals surface area contributed by atoms with E-state index in [0.29, 0.717) is 52.5 Å². The van der Waals surface area contributed by atoms with Gasteiger partial charge in [0.2, 0.25) is 47.3 Å². The molecule has 7 rings (SSSR count). The first kappa shape index (κ1) is 67.1. The van der Waals surface area contributed by atoms with Gasteiger partial charge in [-0.05, 0) is 110 Å². The predicted molar refractivity (Wildman–Crippen MR) is 327 cm³/mol. The maximum absolute atomic E-state index is 15.0. The minimum atomic E-state index is -4.56. The van der Waals surface area contributed by atoms with Crippen LogP contribution in [-0.2, 0) is 70.2 Å². The highest BCUT2D eigenvalue weighted by atomic mass is 19.4. The van der Waals surface area contributed by atoms with Gasteiger partial charge in [0.1, 0.15) is 48.0 Å². The van der Waals surface area contributed by atoms with Crippen LogP contribution in [0.5, 0.6) is 5.75 Å². The highest BCUT2D eigenvalue weighted by molar-refractivity contribution is 5.99. The largest absolute Gasteiger partial charge is 0.508 e. The SMILES string of the molecule is CCNC(=O)[C@@H]1CCCN1C(=O)[C@H](CCCN=C(N)N)NC(=O)[C@H](CC(C)C)NC(=O)[C@@H](Cc1c[nH]c2ccccc12)NC(=O)[C@H](Cc1ccc(O)cc1)NC(=O)[C@H](CO)NC(=O)[C@H](Cc1c[nH]c2ccccc12)NC(=O)CCc1ccc(C(F)(F)F)cc1. The van der Waals surface area contributed by atoms with Crippen molar-refractivity contribution in [2.45, 2.75) is 133 Å². The normalized spacial score (nSPS) is 15.2. The first-order valence-electron chi connectivity index (χ1n) is 29.6. The minimum absolute atomic E-state index is 0.0176. The van der Waals surface area contributed by atoms with Crippen molar-refractivity contribution in [2.24, 2.45) is 22.4 Å². The molecule has 0 aliphatic carbocycles. The van der Waals surface area contributed by atoms with Gasteiger partial charge in [-0.2, -0.15) is 13.2 Å². The summed E-state index contributed by atoms with van der Waals surface area (Å²) in [5.41, 5.74) is 13.7. The fourth-order valence-corrected chi connectivity index (χ4v) is 10.7. The van der Waals surface area contributed by atoms with E-state index in [1.165, 1.54) is 41.3 Å². The first-order chi connectivity index (χ1) is 42.5. The fourth-order valence-electron chi connectivity index (χ4n) is 10.7. The zero-order chi connectivity index (χ0) is 64.4. The van der Waals surface area contributed by atoms with Crippen molar-refractivity contribution in [3.8, 4) is 5.75 Å². The minimum Gasteiger partial charge on any atom is -0.508 e. The number of phenols is 1. The highest BCUT2D eigenvalue weighted by Crippen LogP contribution is 2.30. The van der Waals surface area contributed by atoms with E-state index < -0.39 is 102 Å². The lowest BCUT2D eigenvalue weighted by atomic mass is 9.99.